The molecule has 0 unspecified atom stereocenters. The summed E-state index contributed by atoms with van der Waals surface area (Å²) in [6, 6.07) is 8.00. The summed E-state index contributed by atoms with van der Waals surface area (Å²) in [4.78, 5) is 0. The molecule has 0 fully saturated rings. The highest BCUT2D eigenvalue weighted by Gasteiger charge is 2.23. The van der Waals surface area contributed by atoms with Gasteiger partial charge in [-0.05, 0) is 37.6 Å². The van der Waals surface area contributed by atoms with E-state index in [1.165, 1.54) is 0 Å². The first-order valence-corrected chi connectivity index (χ1v) is 6.71. The molecule has 19 heavy (non-hydrogen) atoms. The molecule has 0 radical (unpaired) electrons. The molecule has 106 valence electrons. The van der Waals surface area contributed by atoms with E-state index in [9.17, 15) is 0 Å². The Kier molecular flexibility index (Phi) is 5.63. The molecular formula is C14H22ClN3O. The van der Waals surface area contributed by atoms with Crippen LogP contribution in [0, 0.1) is 5.41 Å². The maximum atomic E-state index is 8.72. The van der Waals surface area contributed by atoms with Crippen molar-refractivity contribution in [2.45, 2.75) is 33.2 Å². The fourth-order valence-corrected chi connectivity index (χ4v) is 1.96. The standard InChI is InChI=1S/C14H22ClN3O/c1-10(11-5-4-6-12(15)9-11)17-8-7-14(2,3)13(16)18-19/h4-6,9-10,17,19H,7-8H2,1-3H3,(H2,16,18)/t10-/m0/s1. The number of nitrogens with zero attached hydrogens (tertiary/aromatic N) is 1. The molecule has 1 aromatic rings. The van der Waals surface area contributed by atoms with Gasteiger partial charge in [-0.15, -0.1) is 0 Å². The average Bonchev–Trinajstić information content (AvgIpc) is 2.37. The Morgan fingerprint density at radius 1 is 1.53 bits per heavy atom. The molecule has 5 heteroatoms. The van der Waals surface area contributed by atoms with Crippen molar-refractivity contribution >= 4 is 17.4 Å². The van der Waals surface area contributed by atoms with Crippen LogP contribution in [0.15, 0.2) is 29.4 Å². The van der Waals surface area contributed by atoms with Gasteiger partial charge < -0.3 is 16.3 Å². The van der Waals surface area contributed by atoms with Crippen LogP contribution >= 0.6 is 11.6 Å². The van der Waals surface area contributed by atoms with Crippen molar-refractivity contribution in [1.82, 2.24) is 5.32 Å². The number of hydrogen-bond acceptors (Lipinski definition) is 3. The summed E-state index contributed by atoms with van der Waals surface area (Å²) >= 11 is 5.97. The third kappa shape index (κ3) is 4.73. The van der Waals surface area contributed by atoms with E-state index in [4.69, 9.17) is 22.5 Å². The molecule has 0 spiro atoms. The van der Waals surface area contributed by atoms with Crippen molar-refractivity contribution in [2.24, 2.45) is 16.3 Å². The summed E-state index contributed by atoms with van der Waals surface area (Å²) in [7, 11) is 0. The van der Waals surface area contributed by atoms with E-state index in [1.54, 1.807) is 0 Å². The molecule has 0 aliphatic rings. The fourth-order valence-electron chi connectivity index (χ4n) is 1.76. The number of nitrogens with two attached hydrogens (primary N) is 1. The monoisotopic (exact) mass is 283 g/mol. The van der Waals surface area contributed by atoms with Crippen LogP contribution in [0.25, 0.3) is 0 Å². The number of oxime groups is 1. The summed E-state index contributed by atoms with van der Waals surface area (Å²) in [6.07, 6.45) is 0.786. The van der Waals surface area contributed by atoms with E-state index in [-0.39, 0.29) is 17.3 Å². The summed E-state index contributed by atoms with van der Waals surface area (Å²) < 4.78 is 0. The summed E-state index contributed by atoms with van der Waals surface area (Å²) in [5.74, 6) is 0.254. The Balaban J connectivity index is 2.50. The Hall–Kier alpha value is -1.26. The zero-order valence-electron chi connectivity index (χ0n) is 11.7. The highest BCUT2D eigenvalue weighted by molar-refractivity contribution is 6.30. The van der Waals surface area contributed by atoms with Gasteiger partial charge in [0.15, 0.2) is 0 Å². The lowest BCUT2D eigenvalue weighted by molar-refractivity contribution is 0.304. The summed E-state index contributed by atoms with van der Waals surface area (Å²) in [5.41, 5.74) is 6.48. The molecule has 0 heterocycles. The average molecular weight is 284 g/mol. The van der Waals surface area contributed by atoms with Crippen LogP contribution in [0.5, 0.6) is 0 Å². The fraction of sp³-hybridized carbons (Fsp3) is 0.500. The van der Waals surface area contributed by atoms with Crippen LogP contribution in [0.4, 0.5) is 0 Å². The molecule has 0 saturated carbocycles. The molecule has 4 N–H and O–H groups in total. The number of halogens is 1. The minimum atomic E-state index is -0.324. The van der Waals surface area contributed by atoms with Crippen molar-refractivity contribution in [1.29, 1.82) is 0 Å². The molecule has 0 bridgehead atoms. The maximum Gasteiger partial charge on any atom is 0.144 e. The van der Waals surface area contributed by atoms with Gasteiger partial charge in [0.25, 0.3) is 0 Å². The predicted octanol–water partition coefficient (Wildman–Crippen LogP) is 3.15. The van der Waals surface area contributed by atoms with Crippen molar-refractivity contribution in [2.75, 3.05) is 6.54 Å². The second-order valence-electron chi connectivity index (χ2n) is 5.35. The van der Waals surface area contributed by atoms with Gasteiger partial charge in [0, 0.05) is 16.5 Å². The number of benzene rings is 1. The molecule has 1 rings (SSSR count). The van der Waals surface area contributed by atoms with Gasteiger partial charge in [-0.3, -0.25) is 0 Å². The SMILES string of the molecule is C[C@H](NCCC(C)(C)/C(N)=N/O)c1cccc(Cl)c1. The predicted molar refractivity (Wildman–Crippen MR) is 79.7 cm³/mol. The molecule has 0 aromatic heterocycles. The van der Waals surface area contributed by atoms with E-state index in [1.807, 2.05) is 38.1 Å². The smallest absolute Gasteiger partial charge is 0.144 e. The van der Waals surface area contributed by atoms with Crippen LogP contribution in [-0.4, -0.2) is 17.6 Å². The Morgan fingerprint density at radius 3 is 2.79 bits per heavy atom. The van der Waals surface area contributed by atoms with E-state index in [0.29, 0.717) is 0 Å². The first-order valence-electron chi connectivity index (χ1n) is 6.33. The van der Waals surface area contributed by atoms with Crippen LogP contribution < -0.4 is 11.1 Å². The topological polar surface area (TPSA) is 70.6 Å². The first-order chi connectivity index (χ1) is 8.86. The van der Waals surface area contributed by atoms with Gasteiger partial charge in [-0.2, -0.15) is 0 Å². The minimum Gasteiger partial charge on any atom is -0.409 e. The Morgan fingerprint density at radius 2 is 2.21 bits per heavy atom. The van der Waals surface area contributed by atoms with Gasteiger partial charge in [0.1, 0.15) is 5.84 Å². The lowest BCUT2D eigenvalue weighted by atomic mass is 9.88. The van der Waals surface area contributed by atoms with Crippen molar-refractivity contribution in [3.63, 3.8) is 0 Å². The zero-order valence-corrected chi connectivity index (χ0v) is 12.4. The lowest BCUT2D eigenvalue weighted by Gasteiger charge is -2.24. The number of hydrogen-bond donors (Lipinski definition) is 3. The van der Waals surface area contributed by atoms with Crippen molar-refractivity contribution in [3.8, 4) is 0 Å². The van der Waals surface area contributed by atoms with Gasteiger partial charge in [0.2, 0.25) is 0 Å². The molecule has 0 saturated heterocycles. The van der Waals surface area contributed by atoms with Gasteiger partial charge in [0.05, 0.1) is 0 Å². The largest absolute Gasteiger partial charge is 0.409 e. The molecule has 1 atom stereocenters. The molecule has 0 amide bonds. The van der Waals surface area contributed by atoms with Crippen molar-refractivity contribution in [3.05, 3.63) is 34.9 Å². The normalized spacial score (nSPS) is 14.4. The van der Waals surface area contributed by atoms with Crippen molar-refractivity contribution < 1.29 is 5.21 Å². The summed E-state index contributed by atoms with van der Waals surface area (Å²) in [5, 5.41) is 15.9. The number of amidine groups is 1. The summed E-state index contributed by atoms with van der Waals surface area (Å²) in [6.45, 7) is 6.76. The molecule has 0 aliphatic heterocycles. The second kappa shape index (κ2) is 6.78. The Bertz CT molecular complexity index is 446. The Labute approximate surface area is 119 Å². The molecule has 0 aliphatic carbocycles. The second-order valence-corrected chi connectivity index (χ2v) is 5.79. The highest BCUT2D eigenvalue weighted by atomic mass is 35.5. The third-order valence-corrected chi connectivity index (χ3v) is 3.59. The molecular weight excluding hydrogens is 262 g/mol. The van der Waals surface area contributed by atoms with E-state index >= 15 is 0 Å². The molecule has 1 aromatic carbocycles. The number of rotatable bonds is 6. The van der Waals surface area contributed by atoms with Crippen LogP contribution in [0.3, 0.4) is 0 Å². The van der Waals surface area contributed by atoms with Crippen LogP contribution in [-0.2, 0) is 0 Å². The zero-order chi connectivity index (χ0) is 14.5. The lowest BCUT2D eigenvalue weighted by Crippen LogP contribution is -2.35. The van der Waals surface area contributed by atoms with Gasteiger partial charge in [-0.25, -0.2) is 0 Å². The van der Waals surface area contributed by atoms with Gasteiger partial charge in [-0.1, -0.05) is 42.7 Å². The van der Waals surface area contributed by atoms with Gasteiger partial charge >= 0.3 is 0 Å². The minimum absolute atomic E-state index is 0.210. The highest BCUT2D eigenvalue weighted by Crippen LogP contribution is 2.21. The van der Waals surface area contributed by atoms with E-state index in [2.05, 4.69) is 17.4 Å². The third-order valence-electron chi connectivity index (χ3n) is 3.35. The van der Waals surface area contributed by atoms with E-state index in [0.717, 1.165) is 23.6 Å². The number of nitrogens with one attached hydrogen (secondary N) is 1. The van der Waals surface area contributed by atoms with Crippen LogP contribution in [0.1, 0.15) is 38.8 Å². The van der Waals surface area contributed by atoms with Crippen LogP contribution in [0.2, 0.25) is 5.02 Å². The quantitative estimate of drug-likeness (QED) is 0.325. The first kappa shape index (κ1) is 15.8. The molecule has 4 nitrogen and oxygen atoms in total. The van der Waals surface area contributed by atoms with E-state index < -0.39 is 0 Å². The maximum absolute atomic E-state index is 8.72.